The van der Waals surface area contributed by atoms with Gasteiger partial charge in [0, 0.05) is 38.4 Å². The molecule has 1 fully saturated rings. The third-order valence-electron chi connectivity index (χ3n) is 4.39. The van der Waals surface area contributed by atoms with Gasteiger partial charge < -0.3 is 14.6 Å². The zero-order valence-electron chi connectivity index (χ0n) is 14.2. The van der Waals surface area contributed by atoms with Gasteiger partial charge in [-0.25, -0.2) is 0 Å². The normalized spacial score (nSPS) is 15.4. The third kappa shape index (κ3) is 4.24. The number of aromatic nitrogens is 1. The van der Waals surface area contributed by atoms with Crippen molar-refractivity contribution in [1.29, 1.82) is 0 Å². The summed E-state index contributed by atoms with van der Waals surface area (Å²) < 4.78 is 7.23. The first-order valence-corrected chi connectivity index (χ1v) is 8.54. The van der Waals surface area contributed by atoms with Crippen LogP contribution >= 0.6 is 0 Å². The highest BCUT2D eigenvalue weighted by Crippen LogP contribution is 2.21. The first-order valence-electron chi connectivity index (χ1n) is 8.54. The summed E-state index contributed by atoms with van der Waals surface area (Å²) in [4.78, 5) is 14.8. The number of hydrogen-bond donors (Lipinski definition) is 1. The largest absolute Gasteiger partial charge is 0.379 e. The number of hydrogen-bond acceptors (Lipinski definition) is 3. The molecule has 0 aliphatic carbocycles. The van der Waals surface area contributed by atoms with Gasteiger partial charge in [-0.15, -0.1) is 0 Å². The molecule has 1 aliphatic rings. The first-order chi connectivity index (χ1) is 11.7. The van der Waals surface area contributed by atoms with Crippen molar-refractivity contribution in [3.63, 3.8) is 0 Å². The highest BCUT2D eigenvalue weighted by molar-refractivity contribution is 5.94. The molecule has 5 heteroatoms. The van der Waals surface area contributed by atoms with Crippen molar-refractivity contribution in [2.45, 2.75) is 6.42 Å². The lowest BCUT2D eigenvalue weighted by atomic mass is 10.1. The second-order valence-electron chi connectivity index (χ2n) is 6.15. The van der Waals surface area contributed by atoms with Crippen molar-refractivity contribution in [2.24, 2.45) is 7.05 Å². The van der Waals surface area contributed by atoms with Crippen molar-refractivity contribution in [3.8, 4) is 11.1 Å². The van der Waals surface area contributed by atoms with Gasteiger partial charge in [0.15, 0.2) is 0 Å². The number of ether oxygens (including phenoxy) is 1. The van der Waals surface area contributed by atoms with E-state index in [1.54, 1.807) is 0 Å². The Kier molecular flexibility index (Phi) is 5.67. The van der Waals surface area contributed by atoms with Crippen LogP contribution in [0.3, 0.4) is 0 Å². The van der Waals surface area contributed by atoms with Gasteiger partial charge in [0.05, 0.1) is 13.2 Å². The van der Waals surface area contributed by atoms with E-state index >= 15 is 0 Å². The second-order valence-corrected chi connectivity index (χ2v) is 6.15. The SMILES string of the molecule is Cn1cc(-c2ccccc2)cc1C(=O)NCCCN1CCOCC1. The molecule has 0 radical (unpaired) electrons. The highest BCUT2D eigenvalue weighted by Gasteiger charge is 2.13. The molecule has 1 amide bonds. The molecule has 5 nitrogen and oxygen atoms in total. The molecule has 1 aliphatic heterocycles. The van der Waals surface area contributed by atoms with E-state index in [1.807, 2.05) is 42.1 Å². The molecule has 128 valence electrons. The van der Waals surface area contributed by atoms with Gasteiger partial charge in [-0.05, 0) is 24.6 Å². The van der Waals surface area contributed by atoms with E-state index < -0.39 is 0 Å². The van der Waals surface area contributed by atoms with Gasteiger partial charge in [0.25, 0.3) is 5.91 Å². The zero-order valence-corrected chi connectivity index (χ0v) is 14.2. The Labute approximate surface area is 143 Å². The smallest absolute Gasteiger partial charge is 0.267 e. The number of nitrogens with zero attached hydrogens (tertiary/aromatic N) is 2. The Hall–Kier alpha value is -2.11. The van der Waals surface area contributed by atoms with Gasteiger partial charge in [0.2, 0.25) is 0 Å². The van der Waals surface area contributed by atoms with Crippen LogP contribution in [-0.2, 0) is 11.8 Å². The number of carbonyl (C=O) groups is 1. The molecular weight excluding hydrogens is 302 g/mol. The molecule has 2 aromatic rings. The maximum atomic E-state index is 12.4. The Morgan fingerprint density at radius 2 is 1.92 bits per heavy atom. The molecule has 0 bridgehead atoms. The average molecular weight is 327 g/mol. The van der Waals surface area contributed by atoms with Crippen LogP contribution in [0.15, 0.2) is 42.6 Å². The van der Waals surface area contributed by atoms with Crippen molar-refractivity contribution in [2.75, 3.05) is 39.4 Å². The van der Waals surface area contributed by atoms with Crippen LogP contribution in [0.2, 0.25) is 0 Å². The quantitative estimate of drug-likeness (QED) is 0.827. The van der Waals surface area contributed by atoms with Crippen LogP contribution in [0, 0.1) is 0 Å². The van der Waals surface area contributed by atoms with Crippen molar-refractivity contribution in [3.05, 3.63) is 48.3 Å². The molecule has 0 saturated carbocycles. The fourth-order valence-electron chi connectivity index (χ4n) is 3.00. The van der Waals surface area contributed by atoms with E-state index in [9.17, 15) is 4.79 Å². The summed E-state index contributed by atoms with van der Waals surface area (Å²) in [7, 11) is 1.91. The molecule has 1 saturated heterocycles. The van der Waals surface area contributed by atoms with E-state index in [4.69, 9.17) is 4.74 Å². The first kappa shape index (κ1) is 16.7. The van der Waals surface area contributed by atoms with Crippen LogP contribution in [0.5, 0.6) is 0 Å². The minimum absolute atomic E-state index is 0.0124. The number of nitrogens with one attached hydrogen (secondary N) is 1. The van der Waals surface area contributed by atoms with Crippen LogP contribution in [-0.4, -0.2) is 54.8 Å². The molecule has 0 unspecified atom stereocenters. The summed E-state index contributed by atoms with van der Waals surface area (Å²) in [6.07, 6.45) is 2.96. The summed E-state index contributed by atoms with van der Waals surface area (Å²) >= 11 is 0. The average Bonchev–Trinajstić information content (AvgIpc) is 3.02. The fraction of sp³-hybridized carbons (Fsp3) is 0.421. The standard InChI is InChI=1S/C19H25N3O2/c1-21-15-17(16-6-3-2-4-7-16)14-18(21)19(23)20-8-5-9-22-10-12-24-13-11-22/h2-4,6-7,14-15H,5,8-13H2,1H3,(H,20,23). The predicted molar refractivity (Wildman–Crippen MR) is 95.1 cm³/mol. The lowest BCUT2D eigenvalue weighted by Crippen LogP contribution is -2.38. The zero-order chi connectivity index (χ0) is 16.8. The van der Waals surface area contributed by atoms with Gasteiger partial charge in [0.1, 0.15) is 5.69 Å². The highest BCUT2D eigenvalue weighted by atomic mass is 16.5. The third-order valence-corrected chi connectivity index (χ3v) is 4.39. The minimum atomic E-state index is -0.0124. The molecule has 0 spiro atoms. The predicted octanol–water partition coefficient (Wildman–Crippen LogP) is 2.14. The summed E-state index contributed by atoms with van der Waals surface area (Å²) in [5, 5.41) is 3.03. The molecule has 1 N–H and O–H groups in total. The number of benzene rings is 1. The molecule has 1 aromatic carbocycles. The molecule has 24 heavy (non-hydrogen) atoms. The van der Waals surface area contributed by atoms with Crippen molar-refractivity contribution < 1.29 is 9.53 Å². The summed E-state index contributed by atoms with van der Waals surface area (Å²) in [6.45, 7) is 5.32. The van der Waals surface area contributed by atoms with Crippen molar-refractivity contribution in [1.82, 2.24) is 14.8 Å². The van der Waals surface area contributed by atoms with Crippen LogP contribution in [0.4, 0.5) is 0 Å². The second kappa shape index (κ2) is 8.13. The fourth-order valence-corrected chi connectivity index (χ4v) is 3.00. The topological polar surface area (TPSA) is 46.5 Å². The Morgan fingerprint density at radius 3 is 2.67 bits per heavy atom. The van der Waals surface area contributed by atoms with E-state index in [1.165, 1.54) is 0 Å². The molecule has 2 heterocycles. The van der Waals surface area contributed by atoms with Crippen molar-refractivity contribution >= 4 is 5.91 Å². The lowest BCUT2D eigenvalue weighted by Gasteiger charge is -2.26. The maximum absolute atomic E-state index is 12.4. The van der Waals surface area contributed by atoms with Crippen LogP contribution in [0.1, 0.15) is 16.9 Å². The van der Waals surface area contributed by atoms with E-state index in [-0.39, 0.29) is 5.91 Å². The molecule has 0 atom stereocenters. The van der Waals surface area contributed by atoms with Gasteiger partial charge >= 0.3 is 0 Å². The van der Waals surface area contributed by atoms with E-state index in [2.05, 4.69) is 22.3 Å². The Morgan fingerprint density at radius 1 is 1.17 bits per heavy atom. The van der Waals surface area contributed by atoms with Gasteiger partial charge in [-0.1, -0.05) is 30.3 Å². The number of carbonyl (C=O) groups excluding carboxylic acids is 1. The minimum Gasteiger partial charge on any atom is -0.379 e. The van der Waals surface area contributed by atoms with Gasteiger partial charge in [-0.3, -0.25) is 9.69 Å². The Balaban J connectivity index is 1.51. The maximum Gasteiger partial charge on any atom is 0.267 e. The monoisotopic (exact) mass is 327 g/mol. The number of amides is 1. The van der Waals surface area contributed by atoms with Crippen LogP contribution < -0.4 is 5.32 Å². The van der Waals surface area contributed by atoms with E-state index in [0.29, 0.717) is 12.2 Å². The molecular formula is C19H25N3O2. The number of rotatable bonds is 6. The molecule has 3 rings (SSSR count). The number of aryl methyl sites for hydroxylation is 1. The van der Waals surface area contributed by atoms with Crippen LogP contribution in [0.25, 0.3) is 11.1 Å². The summed E-state index contributed by atoms with van der Waals surface area (Å²) in [6, 6.07) is 12.1. The van der Waals surface area contributed by atoms with E-state index in [0.717, 1.165) is 50.4 Å². The molecule has 1 aromatic heterocycles. The summed E-state index contributed by atoms with van der Waals surface area (Å²) in [5.74, 6) is -0.0124. The van der Waals surface area contributed by atoms with Gasteiger partial charge in [-0.2, -0.15) is 0 Å². The lowest BCUT2D eigenvalue weighted by molar-refractivity contribution is 0.0374. The summed E-state index contributed by atoms with van der Waals surface area (Å²) in [5.41, 5.74) is 2.89. The Bertz CT molecular complexity index is 661. The number of morpholine rings is 1.